The fourth-order valence-electron chi connectivity index (χ4n) is 3.58. The molecule has 3 aromatic carbocycles. The summed E-state index contributed by atoms with van der Waals surface area (Å²) in [4.78, 5) is 28.4. The second kappa shape index (κ2) is 12.2. The first-order valence-corrected chi connectivity index (χ1v) is 11.5. The maximum atomic E-state index is 13.6. The molecule has 0 radical (unpaired) electrons. The van der Waals surface area contributed by atoms with E-state index in [1.807, 2.05) is 30.3 Å². The van der Waals surface area contributed by atoms with E-state index in [4.69, 9.17) is 11.6 Å². The van der Waals surface area contributed by atoms with Gasteiger partial charge in [-0.2, -0.15) is 0 Å². The Morgan fingerprint density at radius 3 is 2.21 bits per heavy atom. The monoisotopic (exact) mass is 466 g/mol. The van der Waals surface area contributed by atoms with Gasteiger partial charge in [-0.15, -0.1) is 0 Å². The molecule has 4 nitrogen and oxygen atoms in total. The van der Waals surface area contributed by atoms with E-state index in [0.29, 0.717) is 11.6 Å². The molecule has 3 aromatic rings. The number of nitrogens with zero attached hydrogens (tertiary/aromatic N) is 1. The van der Waals surface area contributed by atoms with Crippen molar-refractivity contribution in [1.82, 2.24) is 10.2 Å². The fraction of sp³-hybridized carbons (Fsp3) is 0.259. The van der Waals surface area contributed by atoms with Gasteiger partial charge in [-0.05, 0) is 47.4 Å². The molecule has 0 aliphatic carbocycles. The van der Waals surface area contributed by atoms with Crippen LogP contribution in [-0.2, 0) is 22.6 Å². The smallest absolute Gasteiger partial charge is 0.247 e. The van der Waals surface area contributed by atoms with Crippen LogP contribution in [0.3, 0.4) is 0 Å². The average Bonchev–Trinajstić information content (AvgIpc) is 2.82. The zero-order chi connectivity index (χ0) is 23.6. The van der Waals surface area contributed by atoms with Gasteiger partial charge in [0.1, 0.15) is 11.9 Å². The van der Waals surface area contributed by atoms with Crippen molar-refractivity contribution in [3.63, 3.8) is 0 Å². The van der Waals surface area contributed by atoms with E-state index in [9.17, 15) is 14.0 Å². The van der Waals surface area contributed by atoms with Crippen LogP contribution in [0.2, 0.25) is 5.02 Å². The van der Waals surface area contributed by atoms with Crippen molar-refractivity contribution in [2.75, 3.05) is 6.54 Å². The molecule has 1 atom stereocenters. The molecule has 33 heavy (non-hydrogen) atoms. The lowest BCUT2D eigenvalue weighted by molar-refractivity contribution is -0.141. The minimum atomic E-state index is -0.812. The molecule has 172 valence electrons. The number of hydrogen-bond acceptors (Lipinski definition) is 2. The molecule has 2 amide bonds. The van der Waals surface area contributed by atoms with Gasteiger partial charge in [-0.3, -0.25) is 9.59 Å². The Bertz CT molecular complexity index is 1040. The summed E-state index contributed by atoms with van der Waals surface area (Å²) in [6.45, 7) is 2.76. The molecular formula is C27H28ClFN2O2. The highest BCUT2D eigenvalue weighted by Gasteiger charge is 2.31. The van der Waals surface area contributed by atoms with Crippen molar-refractivity contribution in [3.05, 3.63) is 106 Å². The molecule has 3 rings (SSSR count). The SMILES string of the molecule is CCCCNC(=O)[C@@H](c1ccccc1)N(Cc1ccc(F)cc1)C(=O)Cc1ccc(Cl)cc1. The fourth-order valence-corrected chi connectivity index (χ4v) is 3.71. The summed E-state index contributed by atoms with van der Waals surface area (Å²) in [6, 6.07) is 21.5. The van der Waals surface area contributed by atoms with Crippen LogP contribution >= 0.6 is 11.6 Å². The Labute approximate surface area is 199 Å². The summed E-state index contributed by atoms with van der Waals surface area (Å²) in [5.74, 6) is -0.794. The molecule has 0 fully saturated rings. The zero-order valence-corrected chi connectivity index (χ0v) is 19.4. The van der Waals surface area contributed by atoms with Crippen molar-refractivity contribution >= 4 is 23.4 Å². The van der Waals surface area contributed by atoms with E-state index < -0.39 is 6.04 Å². The van der Waals surface area contributed by atoms with E-state index in [1.165, 1.54) is 12.1 Å². The number of hydrogen-bond donors (Lipinski definition) is 1. The zero-order valence-electron chi connectivity index (χ0n) is 18.6. The van der Waals surface area contributed by atoms with Crippen LogP contribution in [-0.4, -0.2) is 23.3 Å². The Hall–Kier alpha value is -3.18. The minimum absolute atomic E-state index is 0.115. The van der Waals surface area contributed by atoms with Crippen LogP contribution in [0.25, 0.3) is 0 Å². The third-order valence-corrected chi connectivity index (χ3v) is 5.61. The number of carbonyl (C=O) groups excluding carboxylic acids is 2. The van der Waals surface area contributed by atoms with E-state index >= 15 is 0 Å². The van der Waals surface area contributed by atoms with Crippen LogP contribution in [0, 0.1) is 5.82 Å². The Balaban J connectivity index is 1.96. The Morgan fingerprint density at radius 2 is 1.58 bits per heavy atom. The topological polar surface area (TPSA) is 49.4 Å². The van der Waals surface area contributed by atoms with E-state index in [-0.39, 0.29) is 30.6 Å². The quantitative estimate of drug-likeness (QED) is 0.389. The summed E-state index contributed by atoms with van der Waals surface area (Å²) in [5.41, 5.74) is 2.26. The number of rotatable bonds is 10. The first-order valence-electron chi connectivity index (χ1n) is 11.1. The standard InChI is InChI=1S/C27H28ClFN2O2/c1-2-3-17-30-27(33)26(22-7-5-4-6-8-22)31(19-21-11-15-24(29)16-12-21)25(32)18-20-9-13-23(28)14-10-20/h4-16,26H,2-3,17-19H2,1H3,(H,30,33)/t26-/m1/s1. The lowest BCUT2D eigenvalue weighted by Crippen LogP contribution is -2.44. The molecule has 0 heterocycles. The van der Waals surface area contributed by atoms with Crippen LogP contribution in [0.15, 0.2) is 78.9 Å². The summed E-state index contributed by atoms with van der Waals surface area (Å²) in [6.07, 6.45) is 1.92. The van der Waals surface area contributed by atoms with Gasteiger partial charge in [0.05, 0.1) is 6.42 Å². The van der Waals surface area contributed by atoms with Crippen molar-refractivity contribution in [3.8, 4) is 0 Å². The first kappa shape index (κ1) is 24.5. The van der Waals surface area contributed by atoms with Crippen LogP contribution < -0.4 is 5.32 Å². The Morgan fingerprint density at radius 1 is 0.939 bits per heavy atom. The van der Waals surface area contributed by atoms with Crippen molar-refractivity contribution in [2.24, 2.45) is 0 Å². The third kappa shape index (κ3) is 7.16. The number of halogens is 2. The Kier molecular flexibility index (Phi) is 9.02. The first-order chi connectivity index (χ1) is 16.0. The molecule has 0 unspecified atom stereocenters. The number of unbranched alkanes of at least 4 members (excludes halogenated alkanes) is 1. The predicted molar refractivity (Wildman–Crippen MR) is 129 cm³/mol. The molecular weight excluding hydrogens is 439 g/mol. The van der Waals surface area contributed by atoms with Crippen molar-refractivity contribution < 1.29 is 14.0 Å². The number of nitrogens with one attached hydrogen (secondary N) is 1. The summed E-state index contributed by atoms with van der Waals surface area (Å²) in [5, 5.41) is 3.56. The van der Waals surface area contributed by atoms with Gasteiger partial charge in [0.15, 0.2) is 0 Å². The largest absolute Gasteiger partial charge is 0.354 e. The van der Waals surface area contributed by atoms with Crippen molar-refractivity contribution in [1.29, 1.82) is 0 Å². The highest BCUT2D eigenvalue weighted by atomic mass is 35.5. The normalized spacial score (nSPS) is 11.6. The van der Waals surface area contributed by atoms with Crippen LogP contribution in [0.5, 0.6) is 0 Å². The van der Waals surface area contributed by atoms with Gasteiger partial charge in [-0.25, -0.2) is 4.39 Å². The molecule has 0 aliphatic rings. The summed E-state index contributed by atoms with van der Waals surface area (Å²) < 4.78 is 13.5. The second-order valence-electron chi connectivity index (χ2n) is 7.91. The molecule has 0 saturated carbocycles. The van der Waals surface area contributed by atoms with Crippen LogP contribution in [0.4, 0.5) is 4.39 Å². The van der Waals surface area contributed by atoms with Gasteiger partial charge in [0.2, 0.25) is 11.8 Å². The lowest BCUT2D eigenvalue weighted by Gasteiger charge is -2.32. The molecule has 0 spiro atoms. The maximum Gasteiger partial charge on any atom is 0.247 e. The molecule has 6 heteroatoms. The van der Waals surface area contributed by atoms with Gasteiger partial charge >= 0.3 is 0 Å². The van der Waals surface area contributed by atoms with Gasteiger partial charge in [-0.1, -0.05) is 79.5 Å². The van der Waals surface area contributed by atoms with Gasteiger partial charge < -0.3 is 10.2 Å². The summed E-state index contributed by atoms with van der Waals surface area (Å²) >= 11 is 5.98. The second-order valence-corrected chi connectivity index (χ2v) is 8.35. The third-order valence-electron chi connectivity index (χ3n) is 5.36. The molecule has 1 N–H and O–H groups in total. The van der Waals surface area contributed by atoms with E-state index in [1.54, 1.807) is 41.3 Å². The van der Waals surface area contributed by atoms with Gasteiger partial charge in [0.25, 0.3) is 0 Å². The van der Waals surface area contributed by atoms with Crippen molar-refractivity contribution in [2.45, 2.75) is 38.8 Å². The highest BCUT2D eigenvalue weighted by molar-refractivity contribution is 6.30. The van der Waals surface area contributed by atoms with Crippen LogP contribution in [0.1, 0.15) is 42.5 Å². The summed E-state index contributed by atoms with van der Waals surface area (Å²) in [7, 11) is 0. The number of carbonyl (C=O) groups is 2. The van der Waals surface area contributed by atoms with E-state index in [2.05, 4.69) is 12.2 Å². The maximum absolute atomic E-state index is 13.6. The lowest BCUT2D eigenvalue weighted by atomic mass is 10.0. The number of amides is 2. The van der Waals surface area contributed by atoms with Gasteiger partial charge in [0, 0.05) is 18.1 Å². The average molecular weight is 467 g/mol. The van der Waals surface area contributed by atoms with E-state index in [0.717, 1.165) is 29.5 Å². The molecule has 0 aliphatic heterocycles. The minimum Gasteiger partial charge on any atom is -0.354 e. The predicted octanol–water partition coefficient (Wildman–Crippen LogP) is 5.71. The molecule has 0 aromatic heterocycles. The molecule has 0 bridgehead atoms. The highest BCUT2D eigenvalue weighted by Crippen LogP contribution is 2.25. The number of benzene rings is 3. The molecule has 0 saturated heterocycles.